The minimum atomic E-state index is -0.0691. The number of hydrogen-bond acceptors (Lipinski definition) is 3. The van der Waals surface area contributed by atoms with Crippen molar-refractivity contribution in [3.8, 4) is 0 Å². The Morgan fingerprint density at radius 2 is 2.24 bits per heavy atom. The molecule has 1 atom stereocenters. The van der Waals surface area contributed by atoms with Gasteiger partial charge in [0.05, 0.1) is 11.9 Å². The predicted octanol–water partition coefficient (Wildman–Crippen LogP) is 2.68. The molecule has 2 heterocycles. The molecule has 0 aliphatic heterocycles. The summed E-state index contributed by atoms with van der Waals surface area (Å²) in [6.45, 7) is 4.06. The second kappa shape index (κ2) is 4.84. The van der Waals surface area contributed by atoms with Crippen LogP contribution < -0.4 is 5.56 Å². The van der Waals surface area contributed by atoms with Gasteiger partial charge in [-0.1, -0.05) is 13.8 Å². The van der Waals surface area contributed by atoms with Crippen molar-refractivity contribution in [1.82, 2.24) is 4.57 Å². The molecule has 2 aromatic rings. The van der Waals surface area contributed by atoms with Crippen LogP contribution in [0.2, 0.25) is 0 Å². The average molecular weight is 249 g/mol. The van der Waals surface area contributed by atoms with Crippen molar-refractivity contribution >= 4 is 27.2 Å². The molecule has 0 bridgehead atoms. The Balaban J connectivity index is 2.33. The molecule has 1 unspecified atom stereocenters. The van der Waals surface area contributed by atoms with Crippen LogP contribution in [0.1, 0.15) is 20.3 Å². The molecule has 3 nitrogen and oxygen atoms in total. The summed E-state index contributed by atoms with van der Waals surface area (Å²) in [5.41, 5.74) is -0.0691. The summed E-state index contributed by atoms with van der Waals surface area (Å²) in [5.74, 6) is 0.129. The van der Waals surface area contributed by atoms with Crippen molar-refractivity contribution in [3.05, 3.63) is 34.1 Å². The summed E-state index contributed by atoms with van der Waals surface area (Å²) >= 11 is 1.54. The largest absolute Gasteiger partial charge is 0.307 e. The van der Waals surface area contributed by atoms with Gasteiger partial charge in [-0.25, -0.2) is 0 Å². The maximum Gasteiger partial charge on any atom is 0.259 e. The molecule has 0 fully saturated rings. The molecule has 17 heavy (non-hydrogen) atoms. The molecule has 0 aromatic carbocycles. The molecule has 2 rings (SSSR count). The Morgan fingerprint density at radius 3 is 2.94 bits per heavy atom. The Morgan fingerprint density at radius 1 is 1.47 bits per heavy atom. The van der Waals surface area contributed by atoms with E-state index in [4.69, 9.17) is 0 Å². The maximum atomic E-state index is 12.1. The number of pyridine rings is 1. The summed E-state index contributed by atoms with van der Waals surface area (Å²) < 4.78 is 2.48. The van der Waals surface area contributed by atoms with Gasteiger partial charge in [-0.15, -0.1) is 11.3 Å². The summed E-state index contributed by atoms with van der Waals surface area (Å²) in [7, 11) is 0. The SMILES string of the molecule is CCC(C)C(=O)Cn1ccc2sccc2c1=O. The molecule has 0 N–H and O–H groups in total. The third-order valence-corrected chi connectivity index (χ3v) is 3.96. The van der Waals surface area contributed by atoms with Crippen LogP contribution in [0.5, 0.6) is 0 Å². The highest BCUT2D eigenvalue weighted by Crippen LogP contribution is 2.16. The number of hydrogen-bond donors (Lipinski definition) is 0. The van der Waals surface area contributed by atoms with E-state index in [2.05, 4.69) is 0 Å². The topological polar surface area (TPSA) is 39.1 Å². The van der Waals surface area contributed by atoms with E-state index in [9.17, 15) is 9.59 Å². The summed E-state index contributed by atoms with van der Waals surface area (Å²) in [5, 5.41) is 2.60. The van der Waals surface area contributed by atoms with E-state index < -0.39 is 0 Å². The van der Waals surface area contributed by atoms with E-state index in [-0.39, 0.29) is 23.8 Å². The van der Waals surface area contributed by atoms with Gasteiger partial charge in [-0.2, -0.15) is 0 Å². The molecule has 0 amide bonds. The molecule has 0 saturated heterocycles. The zero-order valence-electron chi connectivity index (χ0n) is 9.97. The molecule has 90 valence electrons. The quantitative estimate of drug-likeness (QED) is 0.835. The molecular formula is C13H15NO2S. The van der Waals surface area contributed by atoms with E-state index in [1.54, 1.807) is 17.5 Å². The zero-order valence-corrected chi connectivity index (χ0v) is 10.8. The maximum absolute atomic E-state index is 12.1. The second-order valence-electron chi connectivity index (χ2n) is 4.22. The molecule has 4 heteroatoms. The number of aromatic nitrogens is 1. The Labute approximate surface area is 104 Å². The van der Waals surface area contributed by atoms with E-state index >= 15 is 0 Å². The lowest BCUT2D eigenvalue weighted by atomic mass is 10.0. The van der Waals surface area contributed by atoms with Crippen LogP contribution in [0.3, 0.4) is 0 Å². The first-order valence-corrected chi connectivity index (χ1v) is 6.60. The first-order chi connectivity index (χ1) is 8.13. The van der Waals surface area contributed by atoms with Crippen LogP contribution in [0, 0.1) is 5.92 Å². The van der Waals surface area contributed by atoms with Gasteiger partial charge in [0, 0.05) is 16.8 Å². The van der Waals surface area contributed by atoms with Gasteiger partial charge in [-0.05, 0) is 23.9 Å². The number of Topliss-reactive ketones (excluding diaryl/α,β-unsaturated/α-hetero) is 1. The van der Waals surface area contributed by atoms with Crippen molar-refractivity contribution in [2.45, 2.75) is 26.8 Å². The number of fused-ring (bicyclic) bond motifs is 1. The first kappa shape index (κ1) is 12.0. The van der Waals surface area contributed by atoms with E-state index in [0.29, 0.717) is 5.39 Å². The number of carbonyl (C=O) groups excluding carboxylic acids is 1. The third kappa shape index (κ3) is 2.31. The lowest BCUT2D eigenvalue weighted by molar-refractivity contribution is -0.123. The Hall–Kier alpha value is -1.42. The third-order valence-electron chi connectivity index (χ3n) is 3.08. The number of thiophene rings is 1. The standard InChI is InChI=1S/C13H15NO2S/c1-3-9(2)11(15)8-14-6-4-12-10(13(14)16)5-7-17-12/h4-7,9H,3,8H2,1-2H3. The Kier molecular flexibility index (Phi) is 3.43. The fourth-order valence-corrected chi connectivity index (χ4v) is 2.46. The number of carbonyl (C=O) groups is 1. The van der Waals surface area contributed by atoms with Gasteiger partial charge in [0.15, 0.2) is 5.78 Å². The van der Waals surface area contributed by atoms with E-state index in [1.165, 1.54) is 4.57 Å². The highest BCUT2D eigenvalue weighted by Gasteiger charge is 2.12. The monoisotopic (exact) mass is 249 g/mol. The average Bonchev–Trinajstić information content (AvgIpc) is 2.80. The van der Waals surface area contributed by atoms with Crippen LogP contribution >= 0.6 is 11.3 Å². The van der Waals surface area contributed by atoms with Crippen LogP contribution in [0.15, 0.2) is 28.5 Å². The van der Waals surface area contributed by atoms with Crippen molar-refractivity contribution in [1.29, 1.82) is 0 Å². The highest BCUT2D eigenvalue weighted by molar-refractivity contribution is 7.17. The van der Waals surface area contributed by atoms with Gasteiger partial charge >= 0.3 is 0 Å². The van der Waals surface area contributed by atoms with Crippen LogP contribution in [0.4, 0.5) is 0 Å². The van der Waals surface area contributed by atoms with Crippen molar-refractivity contribution in [3.63, 3.8) is 0 Å². The van der Waals surface area contributed by atoms with Crippen LogP contribution in [-0.4, -0.2) is 10.4 Å². The number of nitrogens with zero attached hydrogens (tertiary/aromatic N) is 1. The van der Waals surface area contributed by atoms with Gasteiger partial charge < -0.3 is 4.57 Å². The molecule has 0 spiro atoms. The Bertz CT molecular complexity index is 597. The summed E-state index contributed by atoms with van der Waals surface area (Å²) in [6, 6.07) is 3.71. The number of rotatable bonds is 4. The van der Waals surface area contributed by atoms with Crippen molar-refractivity contribution in [2.24, 2.45) is 5.92 Å². The van der Waals surface area contributed by atoms with Gasteiger partial charge in [0.25, 0.3) is 5.56 Å². The van der Waals surface area contributed by atoms with E-state index in [0.717, 1.165) is 11.1 Å². The number of ketones is 1. The van der Waals surface area contributed by atoms with Crippen LogP contribution in [-0.2, 0) is 11.3 Å². The highest BCUT2D eigenvalue weighted by atomic mass is 32.1. The fraction of sp³-hybridized carbons (Fsp3) is 0.385. The summed E-state index contributed by atoms with van der Waals surface area (Å²) in [6.07, 6.45) is 2.52. The molecule has 2 aromatic heterocycles. The predicted molar refractivity (Wildman–Crippen MR) is 70.5 cm³/mol. The van der Waals surface area contributed by atoms with Gasteiger partial charge in [0.1, 0.15) is 0 Å². The molecule has 0 radical (unpaired) electrons. The minimum absolute atomic E-state index is 0.0140. The second-order valence-corrected chi connectivity index (χ2v) is 5.17. The lowest BCUT2D eigenvalue weighted by Gasteiger charge is -2.09. The summed E-state index contributed by atoms with van der Waals surface area (Å²) in [4.78, 5) is 23.9. The van der Waals surface area contributed by atoms with Gasteiger partial charge in [0.2, 0.25) is 0 Å². The van der Waals surface area contributed by atoms with Crippen molar-refractivity contribution in [2.75, 3.05) is 0 Å². The molecular weight excluding hydrogens is 234 g/mol. The molecule has 0 saturated carbocycles. The van der Waals surface area contributed by atoms with Gasteiger partial charge in [-0.3, -0.25) is 9.59 Å². The lowest BCUT2D eigenvalue weighted by Crippen LogP contribution is -2.26. The molecule has 0 aliphatic rings. The van der Waals surface area contributed by atoms with E-state index in [1.807, 2.05) is 31.4 Å². The molecule has 0 aliphatic carbocycles. The minimum Gasteiger partial charge on any atom is -0.307 e. The zero-order chi connectivity index (χ0) is 12.4. The fourth-order valence-electron chi connectivity index (χ4n) is 1.68. The normalized spacial score (nSPS) is 12.8. The van der Waals surface area contributed by atoms with Crippen LogP contribution in [0.25, 0.3) is 10.1 Å². The van der Waals surface area contributed by atoms with Crippen molar-refractivity contribution < 1.29 is 4.79 Å². The smallest absolute Gasteiger partial charge is 0.259 e. The first-order valence-electron chi connectivity index (χ1n) is 5.73.